The summed E-state index contributed by atoms with van der Waals surface area (Å²) in [5.74, 6) is 3.31. The highest BCUT2D eigenvalue weighted by Gasteiger charge is 2.62. The van der Waals surface area contributed by atoms with Crippen molar-refractivity contribution in [2.24, 2.45) is 23.7 Å². The Balaban J connectivity index is 1.07. The first-order chi connectivity index (χ1) is 28.0. The molecule has 13 rings (SSSR count). The Morgan fingerprint density at radius 1 is 0.431 bits per heavy atom. The fourth-order valence-corrected chi connectivity index (χ4v) is 14.3. The predicted molar refractivity (Wildman–Crippen MR) is 243 cm³/mol. The van der Waals surface area contributed by atoms with E-state index in [0.717, 1.165) is 23.7 Å². The van der Waals surface area contributed by atoms with Crippen molar-refractivity contribution in [3.05, 3.63) is 161 Å². The number of rotatable bonds is 4. The van der Waals surface area contributed by atoms with Crippen molar-refractivity contribution >= 4 is 17.1 Å². The minimum atomic E-state index is -0.0814. The van der Waals surface area contributed by atoms with Gasteiger partial charge in [-0.1, -0.05) is 145 Å². The molecule has 0 heterocycles. The van der Waals surface area contributed by atoms with Crippen LogP contribution < -0.4 is 4.90 Å². The normalized spacial score (nSPS) is 26.8. The van der Waals surface area contributed by atoms with E-state index in [1.807, 2.05) is 0 Å². The van der Waals surface area contributed by atoms with Crippen LogP contribution in [0.4, 0.5) is 17.1 Å². The number of anilines is 3. The van der Waals surface area contributed by atoms with E-state index < -0.39 is 0 Å². The van der Waals surface area contributed by atoms with E-state index in [9.17, 15) is 0 Å². The van der Waals surface area contributed by atoms with Gasteiger partial charge in [0.2, 0.25) is 0 Å². The maximum atomic E-state index is 2.66. The van der Waals surface area contributed by atoms with Gasteiger partial charge >= 0.3 is 0 Å². The van der Waals surface area contributed by atoms with Crippen LogP contribution in [0.5, 0.6) is 0 Å². The molecule has 0 aliphatic heterocycles. The Labute approximate surface area is 346 Å². The maximum absolute atomic E-state index is 2.66. The summed E-state index contributed by atoms with van der Waals surface area (Å²) in [5, 5.41) is 0. The van der Waals surface area contributed by atoms with Crippen molar-refractivity contribution in [1.29, 1.82) is 0 Å². The largest absolute Gasteiger partial charge is 0.309 e. The Hall–Kier alpha value is -4.88. The van der Waals surface area contributed by atoms with Crippen LogP contribution in [-0.2, 0) is 21.7 Å². The van der Waals surface area contributed by atoms with E-state index in [4.69, 9.17) is 0 Å². The minimum absolute atomic E-state index is 0.0814. The first-order valence-corrected chi connectivity index (χ1v) is 22.5. The van der Waals surface area contributed by atoms with Gasteiger partial charge in [-0.05, 0) is 159 Å². The van der Waals surface area contributed by atoms with Crippen LogP contribution in [0.1, 0.15) is 120 Å². The summed E-state index contributed by atoms with van der Waals surface area (Å²) in [6, 6.07) is 50.2. The minimum Gasteiger partial charge on any atom is -0.309 e. The van der Waals surface area contributed by atoms with Crippen molar-refractivity contribution in [2.75, 3.05) is 4.90 Å². The molecular formula is C57H57N. The summed E-state index contributed by atoms with van der Waals surface area (Å²) in [6.45, 7) is 14.5. The van der Waals surface area contributed by atoms with Crippen LogP contribution in [-0.4, -0.2) is 0 Å². The second-order valence-corrected chi connectivity index (χ2v) is 21.2. The predicted octanol–water partition coefficient (Wildman–Crippen LogP) is 15.2. The van der Waals surface area contributed by atoms with Gasteiger partial charge in [-0.3, -0.25) is 0 Å². The van der Waals surface area contributed by atoms with Crippen molar-refractivity contribution < 1.29 is 0 Å². The van der Waals surface area contributed by atoms with Crippen LogP contribution in [0.25, 0.3) is 33.4 Å². The third-order valence-electron chi connectivity index (χ3n) is 16.9. The van der Waals surface area contributed by atoms with Crippen LogP contribution in [0.2, 0.25) is 0 Å². The fourth-order valence-electron chi connectivity index (χ4n) is 14.3. The maximum Gasteiger partial charge on any atom is 0.0543 e. The zero-order valence-corrected chi connectivity index (χ0v) is 35.3. The Morgan fingerprint density at radius 3 is 1.60 bits per heavy atom. The SMILES string of the molecule is CC1(C)CCC(C)(C)c2cc(-c3ccc(N(c4cccc5c4-c4ccccc4C5(C)C)c4cccc5c4-c4ccccc4C54C5CC6CC(C5)CC4C6)cc3)ccc21. The molecule has 290 valence electrons. The summed E-state index contributed by atoms with van der Waals surface area (Å²) in [7, 11) is 0. The number of fused-ring (bicyclic) bond motifs is 7. The van der Waals surface area contributed by atoms with Gasteiger partial charge in [0.25, 0.3) is 0 Å². The standard InChI is InChI=1S/C57H57N/c1-54(2)27-28-55(3,4)49-34-38(23-26-46(49)54)37-21-24-41(25-22-37)58(50-19-11-17-47-52(50)42-13-7-9-15-44(42)56(47,5)6)51-20-12-18-48-53(51)43-14-8-10-16-45(43)57(48)39-30-35-29-36(32-39)33-40(57)31-35/h7-26,34-36,39-40H,27-33H2,1-6H3. The molecule has 0 N–H and O–H groups in total. The molecule has 6 aromatic carbocycles. The zero-order chi connectivity index (χ0) is 39.3. The molecular weight excluding hydrogens is 699 g/mol. The van der Waals surface area contributed by atoms with Gasteiger partial charge < -0.3 is 4.90 Å². The second-order valence-electron chi connectivity index (χ2n) is 21.2. The molecule has 4 fully saturated rings. The van der Waals surface area contributed by atoms with Gasteiger partial charge in [-0.2, -0.15) is 0 Å². The molecule has 0 radical (unpaired) electrons. The number of hydrogen-bond acceptors (Lipinski definition) is 1. The van der Waals surface area contributed by atoms with E-state index >= 15 is 0 Å². The molecule has 4 saturated carbocycles. The van der Waals surface area contributed by atoms with Crippen molar-refractivity contribution in [3.8, 4) is 33.4 Å². The third kappa shape index (κ3) is 4.60. The van der Waals surface area contributed by atoms with Crippen molar-refractivity contribution in [3.63, 3.8) is 0 Å². The third-order valence-corrected chi connectivity index (χ3v) is 16.9. The summed E-state index contributed by atoms with van der Waals surface area (Å²) in [6.07, 6.45) is 9.51. The lowest BCUT2D eigenvalue weighted by molar-refractivity contribution is -0.0399. The lowest BCUT2D eigenvalue weighted by Gasteiger charge is -2.61. The van der Waals surface area contributed by atoms with Gasteiger partial charge in [0.15, 0.2) is 0 Å². The highest BCUT2D eigenvalue weighted by molar-refractivity contribution is 6.00. The smallest absolute Gasteiger partial charge is 0.0543 e. The molecule has 0 saturated heterocycles. The van der Waals surface area contributed by atoms with Crippen LogP contribution >= 0.6 is 0 Å². The van der Waals surface area contributed by atoms with Gasteiger partial charge in [0.05, 0.1) is 11.4 Å². The Bertz CT molecular complexity index is 2640. The average Bonchev–Trinajstić information content (AvgIpc) is 3.65. The number of hydrogen-bond donors (Lipinski definition) is 0. The van der Waals surface area contributed by atoms with E-state index in [1.165, 1.54) is 118 Å². The molecule has 0 amide bonds. The molecule has 0 unspecified atom stereocenters. The Morgan fingerprint density at radius 2 is 0.948 bits per heavy atom. The fraction of sp³-hybridized carbons (Fsp3) is 0.368. The van der Waals surface area contributed by atoms with Gasteiger partial charge in [0.1, 0.15) is 0 Å². The van der Waals surface area contributed by atoms with E-state index in [0.29, 0.717) is 0 Å². The van der Waals surface area contributed by atoms with Crippen molar-refractivity contribution in [1.82, 2.24) is 0 Å². The van der Waals surface area contributed by atoms with Crippen LogP contribution in [0, 0.1) is 23.7 Å². The zero-order valence-electron chi connectivity index (χ0n) is 35.3. The lowest BCUT2D eigenvalue weighted by Crippen LogP contribution is -2.55. The molecule has 58 heavy (non-hydrogen) atoms. The first-order valence-electron chi connectivity index (χ1n) is 22.5. The number of nitrogens with zero attached hydrogens (tertiary/aromatic N) is 1. The lowest BCUT2D eigenvalue weighted by atomic mass is 9.43. The molecule has 7 aliphatic rings. The molecule has 0 aromatic heterocycles. The summed E-state index contributed by atoms with van der Waals surface area (Å²) in [4.78, 5) is 2.66. The van der Waals surface area contributed by atoms with Crippen LogP contribution in [0.15, 0.2) is 127 Å². The van der Waals surface area contributed by atoms with Gasteiger partial charge in [0, 0.05) is 27.6 Å². The second kappa shape index (κ2) is 11.9. The molecule has 4 bridgehead atoms. The number of benzene rings is 6. The van der Waals surface area contributed by atoms with E-state index in [-0.39, 0.29) is 21.7 Å². The summed E-state index contributed by atoms with van der Waals surface area (Å²) in [5.41, 5.74) is 21.6. The highest BCUT2D eigenvalue weighted by Crippen LogP contribution is 2.70. The molecule has 1 heteroatoms. The molecule has 7 aliphatic carbocycles. The monoisotopic (exact) mass is 755 g/mol. The van der Waals surface area contributed by atoms with E-state index in [2.05, 4.69) is 174 Å². The molecule has 6 aromatic rings. The van der Waals surface area contributed by atoms with Crippen molar-refractivity contribution in [2.45, 2.75) is 108 Å². The summed E-state index contributed by atoms with van der Waals surface area (Å²) < 4.78 is 0. The Kier molecular flexibility index (Phi) is 7.18. The van der Waals surface area contributed by atoms with Gasteiger partial charge in [-0.15, -0.1) is 0 Å². The van der Waals surface area contributed by atoms with E-state index in [1.54, 1.807) is 11.1 Å². The average molecular weight is 756 g/mol. The molecule has 1 nitrogen and oxygen atoms in total. The first kappa shape index (κ1) is 35.1. The molecule has 1 spiro atoms. The summed E-state index contributed by atoms with van der Waals surface area (Å²) >= 11 is 0. The quantitative estimate of drug-likeness (QED) is 0.173. The highest BCUT2D eigenvalue weighted by atomic mass is 15.1. The van der Waals surface area contributed by atoms with Gasteiger partial charge in [-0.25, -0.2) is 0 Å². The molecule has 0 atom stereocenters. The van der Waals surface area contributed by atoms with Crippen LogP contribution in [0.3, 0.4) is 0 Å². The topological polar surface area (TPSA) is 3.24 Å².